The van der Waals surface area contributed by atoms with Gasteiger partial charge < -0.3 is 4.90 Å². The molecule has 0 fully saturated rings. The average Bonchev–Trinajstić information content (AvgIpc) is 2.29. The SMILES string of the molecule is C/C=C(/C)CN(C=O)CC1=CCCC=C1. The third kappa shape index (κ3) is 4.15. The first-order valence-electron chi connectivity index (χ1n) is 5.43. The molecule has 0 bridgehead atoms. The summed E-state index contributed by atoms with van der Waals surface area (Å²) >= 11 is 0. The Balaban J connectivity index is 2.49. The summed E-state index contributed by atoms with van der Waals surface area (Å²) < 4.78 is 0. The number of carbonyl (C=O) groups excluding carboxylic acids is 1. The van der Waals surface area contributed by atoms with Crippen molar-refractivity contribution >= 4 is 6.41 Å². The number of carbonyl (C=O) groups is 1. The van der Waals surface area contributed by atoms with E-state index < -0.39 is 0 Å². The fourth-order valence-corrected chi connectivity index (χ4v) is 1.56. The largest absolute Gasteiger partial charge is 0.337 e. The number of hydrogen-bond donors (Lipinski definition) is 0. The highest BCUT2D eigenvalue weighted by molar-refractivity contribution is 5.49. The van der Waals surface area contributed by atoms with E-state index in [0.29, 0.717) is 0 Å². The summed E-state index contributed by atoms with van der Waals surface area (Å²) in [5, 5.41) is 0. The van der Waals surface area contributed by atoms with Gasteiger partial charge in [-0.3, -0.25) is 4.79 Å². The Kier molecular flexibility index (Phi) is 4.88. The van der Waals surface area contributed by atoms with Gasteiger partial charge in [0.1, 0.15) is 0 Å². The van der Waals surface area contributed by atoms with E-state index in [9.17, 15) is 4.79 Å². The maximum atomic E-state index is 10.9. The summed E-state index contributed by atoms with van der Waals surface area (Å²) in [4.78, 5) is 12.7. The highest BCUT2D eigenvalue weighted by atomic mass is 16.1. The molecule has 0 heterocycles. The quantitative estimate of drug-likeness (QED) is 0.499. The van der Waals surface area contributed by atoms with E-state index in [1.54, 1.807) is 4.90 Å². The molecule has 0 aliphatic heterocycles. The Morgan fingerprint density at radius 2 is 2.33 bits per heavy atom. The van der Waals surface area contributed by atoms with Gasteiger partial charge in [0, 0.05) is 13.1 Å². The summed E-state index contributed by atoms with van der Waals surface area (Å²) in [7, 11) is 0. The molecule has 82 valence electrons. The second-order valence-electron chi connectivity index (χ2n) is 3.90. The summed E-state index contributed by atoms with van der Waals surface area (Å²) in [5.41, 5.74) is 2.47. The lowest BCUT2D eigenvalue weighted by Gasteiger charge is -2.19. The predicted octanol–water partition coefficient (Wildman–Crippen LogP) is 2.69. The molecule has 1 aliphatic rings. The maximum Gasteiger partial charge on any atom is 0.210 e. The van der Waals surface area contributed by atoms with E-state index in [1.807, 2.05) is 19.9 Å². The Morgan fingerprint density at radius 1 is 1.53 bits per heavy atom. The number of allylic oxidation sites excluding steroid dienone is 3. The minimum atomic E-state index is 0.727. The highest BCUT2D eigenvalue weighted by Gasteiger charge is 2.05. The maximum absolute atomic E-state index is 10.9. The van der Waals surface area contributed by atoms with Crippen LogP contribution in [0.2, 0.25) is 0 Å². The van der Waals surface area contributed by atoms with E-state index in [2.05, 4.69) is 18.2 Å². The van der Waals surface area contributed by atoms with Gasteiger partial charge in [-0.05, 0) is 32.3 Å². The van der Waals surface area contributed by atoms with Crippen LogP contribution in [0.1, 0.15) is 26.7 Å². The molecular weight excluding hydrogens is 186 g/mol. The van der Waals surface area contributed by atoms with Crippen LogP contribution >= 0.6 is 0 Å². The van der Waals surface area contributed by atoms with Gasteiger partial charge in [0.25, 0.3) is 0 Å². The Labute approximate surface area is 92.0 Å². The van der Waals surface area contributed by atoms with Crippen LogP contribution in [0.5, 0.6) is 0 Å². The molecule has 0 unspecified atom stereocenters. The van der Waals surface area contributed by atoms with E-state index in [4.69, 9.17) is 0 Å². The molecule has 0 aromatic heterocycles. The van der Waals surface area contributed by atoms with Crippen molar-refractivity contribution in [3.05, 3.63) is 35.5 Å². The van der Waals surface area contributed by atoms with Crippen LogP contribution in [0.3, 0.4) is 0 Å². The van der Waals surface area contributed by atoms with Gasteiger partial charge in [-0.2, -0.15) is 0 Å². The van der Waals surface area contributed by atoms with Crippen molar-refractivity contribution < 1.29 is 4.79 Å². The average molecular weight is 205 g/mol. The van der Waals surface area contributed by atoms with Gasteiger partial charge >= 0.3 is 0 Å². The van der Waals surface area contributed by atoms with E-state index >= 15 is 0 Å². The van der Waals surface area contributed by atoms with E-state index in [0.717, 1.165) is 32.3 Å². The van der Waals surface area contributed by atoms with Crippen molar-refractivity contribution in [2.75, 3.05) is 13.1 Å². The first kappa shape index (κ1) is 11.8. The van der Waals surface area contributed by atoms with Crippen LogP contribution in [-0.2, 0) is 4.79 Å². The van der Waals surface area contributed by atoms with Crippen molar-refractivity contribution in [3.63, 3.8) is 0 Å². The van der Waals surface area contributed by atoms with E-state index in [-0.39, 0.29) is 0 Å². The monoisotopic (exact) mass is 205 g/mol. The van der Waals surface area contributed by atoms with Crippen LogP contribution in [0.25, 0.3) is 0 Å². The minimum absolute atomic E-state index is 0.727. The third-order valence-electron chi connectivity index (χ3n) is 2.55. The number of nitrogens with zero attached hydrogens (tertiary/aromatic N) is 1. The van der Waals surface area contributed by atoms with Crippen molar-refractivity contribution in [1.82, 2.24) is 4.90 Å². The lowest BCUT2D eigenvalue weighted by molar-refractivity contribution is -0.117. The van der Waals surface area contributed by atoms with Gasteiger partial charge in [0.2, 0.25) is 6.41 Å². The molecule has 1 aliphatic carbocycles. The first-order chi connectivity index (χ1) is 7.26. The molecule has 0 saturated carbocycles. The molecule has 15 heavy (non-hydrogen) atoms. The van der Waals surface area contributed by atoms with Gasteiger partial charge in [0.15, 0.2) is 0 Å². The zero-order valence-electron chi connectivity index (χ0n) is 9.57. The Bertz CT molecular complexity index is 300. The Hall–Kier alpha value is -1.31. The second kappa shape index (κ2) is 6.23. The molecule has 0 aromatic carbocycles. The molecule has 2 nitrogen and oxygen atoms in total. The third-order valence-corrected chi connectivity index (χ3v) is 2.55. The van der Waals surface area contributed by atoms with Crippen molar-refractivity contribution in [2.24, 2.45) is 0 Å². The van der Waals surface area contributed by atoms with Gasteiger partial charge in [-0.25, -0.2) is 0 Å². The van der Waals surface area contributed by atoms with Crippen molar-refractivity contribution in [3.8, 4) is 0 Å². The zero-order valence-corrected chi connectivity index (χ0v) is 9.57. The van der Waals surface area contributed by atoms with Crippen molar-refractivity contribution in [1.29, 1.82) is 0 Å². The number of amides is 1. The van der Waals surface area contributed by atoms with Crippen LogP contribution in [0, 0.1) is 0 Å². The normalized spacial score (nSPS) is 16.1. The number of rotatable bonds is 5. The van der Waals surface area contributed by atoms with Crippen LogP contribution < -0.4 is 0 Å². The van der Waals surface area contributed by atoms with Crippen LogP contribution in [0.4, 0.5) is 0 Å². The standard InChI is InChI=1S/C13H19NO/c1-3-12(2)9-14(11-15)10-13-7-5-4-6-8-13/h3,5,7-8,11H,4,6,9-10H2,1-2H3/b12-3-. The molecule has 0 radical (unpaired) electrons. The molecule has 0 spiro atoms. The van der Waals surface area contributed by atoms with Crippen LogP contribution in [0.15, 0.2) is 35.5 Å². The van der Waals surface area contributed by atoms with Crippen LogP contribution in [-0.4, -0.2) is 24.4 Å². The summed E-state index contributed by atoms with van der Waals surface area (Å²) in [5.74, 6) is 0. The fourth-order valence-electron chi connectivity index (χ4n) is 1.56. The molecule has 0 atom stereocenters. The highest BCUT2D eigenvalue weighted by Crippen LogP contribution is 2.11. The molecule has 0 saturated heterocycles. The second-order valence-corrected chi connectivity index (χ2v) is 3.90. The Morgan fingerprint density at radius 3 is 2.87 bits per heavy atom. The van der Waals surface area contributed by atoms with Gasteiger partial charge in [0.05, 0.1) is 0 Å². The van der Waals surface area contributed by atoms with Gasteiger partial charge in [-0.15, -0.1) is 0 Å². The molecule has 0 N–H and O–H groups in total. The predicted molar refractivity (Wildman–Crippen MR) is 63.5 cm³/mol. The molecule has 1 rings (SSSR count). The number of hydrogen-bond acceptors (Lipinski definition) is 1. The molecule has 2 heteroatoms. The fraction of sp³-hybridized carbons (Fsp3) is 0.462. The summed E-state index contributed by atoms with van der Waals surface area (Å²) in [6, 6.07) is 0. The molecule has 1 amide bonds. The zero-order chi connectivity index (χ0) is 11.1. The lowest BCUT2D eigenvalue weighted by Crippen LogP contribution is -2.26. The summed E-state index contributed by atoms with van der Waals surface area (Å²) in [6.07, 6.45) is 11.7. The lowest BCUT2D eigenvalue weighted by atomic mass is 10.1. The molecule has 0 aromatic rings. The topological polar surface area (TPSA) is 20.3 Å². The van der Waals surface area contributed by atoms with Crippen molar-refractivity contribution in [2.45, 2.75) is 26.7 Å². The minimum Gasteiger partial charge on any atom is -0.337 e. The molecular formula is C13H19NO. The van der Waals surface area contributed by atoms with E-state index in [1.165, 1.54) is 11.1 Å². The first-order valence-corrected chi connectivity index (χ1v) is 5.43. The van der Waals surface area contributed by atoms with Gasteiger partial charge in [-0.1, -0.05) is 29.9 Å². The summed E-state index contributed by atoms with van der Waals surface area (Å²) in [6.45, 7) is 5.50. The smallest absolute Gasteiger partial charge is 0.210 e.